The van der Waals surface area contributed by atoms with Gasteiger partial charge in [-0.2, -0.15) is 0 Å². The third-order valence-corrected chi connectivity index (χ3v) is 11.5. The number of carbonyl (C=O) groups is 2. The molecule has 1 N–H and O–H groups in total. The van der Waals surface area contributed by atoms with Crippen molar-refractivity contribution < 1.29 is 14.3 Å². The summed E-state index contributed by atoms with van der Waals surface area (Å²) >= 11 is 0. The Labute approximate surface area is 372 Å². The number of ether oxygens (including phenoxy) is 1. The monoisotopic (exact) mass is 835 g/mol. The van der Waals surface area contributed by atoms with Crippen molar-refractivity contribution in [1.29, 1.82) is 5.41 Å². The van der Waals surface area contributed by atoms with Crippen LogP contribution in [0.25, 0.3) is 0 Å². The van der Waals surface area contributed by atoms with E-state index in [-0.39, 0.29) is 5.78 Å². The minimum absolute atomic E-state index is 0.285. The summed E-state index contributed by atoms with van der Waals surface area (Å²) in [5, 5.41) is 7.09. The summed E-state index contributed by atoms with van der Waals surface area (Å²) in [7, 11) is 1.85. The van der Waals surface area contributed by atoms with E-state index in [1.54, 1.807) is 13.0 Å². The minimum atomic E-state index is 0.285. The fourth-order valence-corrected chi connectivity index (χ4v) is 7.62. The highest BCUT2D eigenvalue weighted by molar-refractivity contribution is 5.75. The molecule has 2 atom stereocenters. The maximum absolute atomic E-state index is 10.9. The Morgan fingerprint density at radius 3 is 1.32 bits per heavy atom. The number of nitrogens with zero attached hydrogens (tertiary/aromatic N) is 1. The van der Waals surface area contributed by atoms with Crippen molar-refractivity contribution in [3.8, 4) is 0 Å². The lowest BCUT2D eigenvalue weighted by Gasteiger charge is -2.22. The Hall–Kier alpha value is -1.33. The normalized spacial score (nSPS) is 11.7. The molecule has 0 amide bonds. The van der Waals surface area contributed by atoms with Crippen molar-refractivity contribution in [2.24, 2.45) is 11.8 Å². The first-order valence-electron chi connectivity index (χ1n) is 26.0. The van der Waals surface area contributed by atoms with Crippen molar-refractivity contribution in [2.75, 3.05) is 33.4 Å². The highest BCUT2D eigenvalue weighted by atomic mass is 16.5. The van der Waals surface area contributed by atoms with Crippen molar-refractivity contribution in [2.45, 2.75) is 273 Å². The molecule has 0 bridgehead atoms. The Kier molecular flexibility index (Phi) is 66.4. The lowest BCUT2D eigenvalue weighted by molar-refractivity contribution is -0.117. The second kappa shape index (κ2) is 61.0. The van der Waals surface area contributed by atoms with Crippen LogP contribution in [0.3, 0.4) is 0 Å². The van der Waals surface area contributed by atoms with Crippen LogP contribution < -0.4 is 0 Å². The zero-order chi connectivity index (χ0) is 44.7. The average molecular weight is 835 g/mol. The number of aldehydes is 1. The molecule has 0 radical (unpaired) electrons. The van der Waals surface area contributed by atoms with Gasteiger partial charge in [-0.25, -0.2) is 0 Å². The molecule has 0 aliphatic heterocycles. The van der Waals surface area contributed by atoms with Gasteiger partial charge in [0.15, 0.2) is 0 Å². The maximum Gasteiger partial charge on any atom is 0.129 e. The summed E-state index contributed by atoms with van der Waals surface area (Å²) in [4.78, 5) is 23.6. The summed E-state index contributed by atoms with van der Waals surface area (Å²) < 4.78 is 5.36. The van der Waals surface area contributed by atoms with Crippen LogP contribution in [-0.4, -0.2) is 56.5 Å². The quantitative estimate of drug-likeness (QED) is 0.0287. The maximum atomic E-state index is 10.9. The van der Waals surface area contributed by atoms with Gasteiger partial charge < -0.3 is 24.6 Å². The fraction of sp³-hybridized carbons (Fsp3) is 0.907. The van der Waals surface area contributed by atoms with Gasteiger partial charge in [-0.1, -0.05) is 201 Å². The number of unbranched alkanes of at least 4 members (excludes halogenated alkanes) is 22. The molecular formula is C54H110N2O3. The van der Waals surface area contributed by atoms with E-state index in [1.165, 1.54) is 167 Å². The van der Waals surface area contributed by atoms with Crippen LogP contribution in [0.4, 0.5) is 0 Å². The van der Waals surface area contributed by atoms with E-state index in [2.05, 4.69) is 46.1 Å². The van der Waals surface area contributed by atoms with E-state index in [0.29, 0.717) is 12.8 Å². The lowest BCUT2D eigenvalue weighted by Crippen LogP contribution is -2.27. The second-order valence-electron chi connectivity index (χ2n) is 17.5. The molecule has 0 aliphatic rings. The van der Waals surface area contributed by atoms with Crippen LogP contribution in [0.2, 0.25) is 0 Å². The molecule has 0 heterocycles. The van der Waals surface area contributed by atoms with E-state index in [4.69, 9.17) is 10.1 Å². The predicted molar refractivity (Wildman–Crippen MR) is 267 cm³/mol. The number of ketones is 1. The topological polar surface area (TPSA) is 70.5 Å². The molecule has 0 spiro atoms. The third kappa shape index (κ3) is 63.4. The van der Waals surface area contributed by atoms with E-state index in [9.17, 15) is 9.59 Å². The summed E-state index contributed by atoms with van der Waals surface area (Å²) in [6.45, 7) is 22.6. The Balaban J connectivity index is -0.000000373. The molecule has 0 saturated carbocycles. The third-order valence-electron chi connectivity index (χ3n) is 11.5. The van der Waals surface area contributed by atoms with Gasteiger partial charge in [-0.3, -0.25) is 0 Å². The molecule has 0 fully saturated rings. The Morgan fingerprint density at radius 2 is 0.932 bits per heavy atom. The highest BCUT2D eigenvalue weighted by Crippen LogP contribution is 2.22. The first kappa shape index (κ1) is 64.3. The molecule has 0 aromatic rings. The van der Waals surface area contributed by atoms with Crippen LogP contribution >= 0.6 is 0 Å². The fourth-order valence-electron chi connectivity index (χ4n) is 7.62. The Bertz CT molecular complexity index is 788. The highest BCUT2D eigenvalue weighted by Gasteiger charge is 2.09. The molecule has 0 aromatic heterocycles. The van der Waals surface area contributed by atoms with E-state index >= 15 is 0 Å². The van der Waals surface area contributed by atoms with Gasteiger partial charge in [0.25, 0.3) is 0 Å². The molecule has 0 rings (SSSR count). The van der Waals surface area contributed by atoms with E-state index < -0.39 is 0 Å². The summed E-state index contributed by atoms with van der Waals surface area (Å²) in [5.74, 6) is 2.13. The van der Waals surface area contributed by atoms with Crippen molar-refractivity contribution in [3.63, 3.8) is 0 Å². The van der Waals surface area contributed by atoms with Gasteiger partial charge in [0.2, 0.25) is 0 Å². The molecular weight excluding hydrogens is 725 g/mol. The molecule has 354 valence electrons. The average Bonchev–Trinajstić information content (AvgIpc) is 3.23. The van der Waals surface area contributed by atoms with Crippen LogP contribution in [0.1, 0.15) is 273 Å². The number of hydrogen-bond acceptors (Lipinski definition) is 5. The van der Waals surface area contributed by atoms with Gasteiger partial charge in [0, 0.05) is 26.6 Å². The molecule has 0 saturated heterocycles. The van der Waals surface area contributed by atoms with Gasteiger partial charge in [-0.05, 0) is 103 Å². The van der Waals surface area contributed by atoms with E-state index in [1.807, 2.05) is 14.0 Å². The van der Waals surface area contributed by atoms with Crippen LogP contribution in [0, 0.1) is 17.2 Å². The summed E-state index contributed by atoms with van der Waals surface area (Å²) in [6, 6.07) is 0. The SMILES string of the molecule is C=CC.CC(=O)CCCCCN(CCCC=N)CCCCCC=O.CCCCCCCCC(CC)CCCCCC.CCCCCCCCC(CCCCCC)COC. The van der Waals surface area contributed by atoms with Gasteiger partial charge in [-0.15, -0.1) is 6.58 Å². The van der Waals surface area contributed by atoms with Crippen LogP contribution in [0.15, 0.2) is 12.7 Å². The van der Waals surface area contributed by atoms with E-state index in [0.717, 1.165) is 95.7 Å². The first-order valence-corrected chi connectivity index (χ1v) is 26.0. The van der Waals surface area contributed by atoms with Gasteiger partial charge in [0.05, 0.1) is 0 Å². The second-order valence-corrected chi connectivity index (χ2v) is 17.5. The molecule has 0 aliphatic carbocycles. The van der Waals surface area contributed by atoms with Crippen molar-refractivity contribution in [3.05, 3.63) is 12.7 Å². The zero-order valence-corrected chi connectivity index (χ0v) is 41.8. The number of allylic oxidation sites excluding steroid dienone is 1. The smallest absolute Gasteiger partial charge is 0.129 e. The number of hydrogen-bond donors (Lipinski definition) is 1. The minimum Gasteiger partial charge on any atom is -0.384 e. The van der Waals surface area contributed by atoms with Gasteiger partial charge >= 0.3 is 0 Å². The molecule has 2 unspecified atom stereocenters. The number of Topliss-reactive ketones (excluding diaryl/α,β-unsaturated/α-hetero) is 1. The van der Waals surface area contributed by atoms with Crippen LogP contribution in [-0.2, 0) is 14.3 Å². The Morgan fingerprint density at radius 1 is 0.559 bits per heavy atom. The first-order chi connectivity index (χ1) is 28.8. The number of nitrogens with one attached hydrogen (secondary N) is 1. The summed E-state index contributed by atoms with van der Waals surface area (Å²) in [5.41, 5.74) is 0. The van der Waals surface area contributed by atoms with Crippen molar-refractivity contribution in [1.82, 2.24) is 4.90 Å². The largest absolute Gasteiger partial charge is 0.384 e. The number of rotatable bonds is 43. The predicted octanol–water partition coefficient (Wildman–Crippen LogP) is 17.5. The lowest BCUT2D eigenvalue weighted by atomic mass is 9.92. The zero-order valence-electron chi connectivity index (χ0n) is 41.8. The standard InChI is InChI=1S/C17H32N2O2.C17H36O.C17H36.C3H6/c1-17(21)11-5-4-8-14-19(15-9-6-12-18)13-7-2-3-10-16-20;1-4-6-8-10-11-13-15-17(16-18-3)14-12-9-7-5-2;1-4-7-9-11-12-14-16-17(6-3)15-13-10-8-5-2;1-3-2/h12,16,18H,2-11,13-15H2,1H3;17H,4-16H2,1-3H3;17H,4-16H2,1-3H3;3H,1H2,2H3. The van der Waals surface area contributed by atoms with Crippen molar-refractivity contribution >= 4 is 18.3 Å². The molecule has 5 heteroatoms. The molecule has 59 heavy (non-hydrogen) atoms. The summed E-state index contributed by atoms with van der Waals surface area (Å²) in [6.07, 6.45) is 49.6. The number of carbonyl (C=O) groups excluding carboxylic acids is 2. The molecule has 5 nitrogen and oxygen atoms in total. The molecule has 0 aromatic carbocycles. The van der Waals surface area contributed by atoms with Crippen LogP contribution in [0.5, 0.6) is 0 Å². The number of methoxy groups -OCH3 is 1. The van der Waals surface area contributed by atoms with Gasteiger partial charge in [0.1, 0.15) is 12.1 Å².